The first-order valence-corrected chi connectivity index (χ1v) is 9.66. The van der Waals surface area contributed by atoms with Crippen molar-refractivity contribution in [3.8, 4) is 0 Å². The molecule has 0 radical (unpaired) electrons. The zero-order valence-corrected chi connectivity index (χ0v) is 15.5. The number of hydrogen-bond donors (Lipinski definition) is 1. The Morgan fingerprint density at radius 1 is 1.00 bits per heavy atom. The normalized spacial score (nSPS) is 11.4. The van der Waals surface area contributed by atoms with Crippen molar-refractivity contribution in [2.45, 2.75) is 22.7 Å². The van der Waals surface area contributed by atoms with E-state index in [4.69, 9.17) is 0 Å². The molecule has 1 aromatic heterocycles. The molecule has 0 fully saturated rings. The topological polar surface area (TPSA) is 54.9 Å². The van der Waals surface area contributed by atoms with Crippen LogP contribution in [0.4, 0.5) is 18.3 Å². The van der Waals surface area contributed by atoms with E-state index in [2.05, 4.69) is 15.5 Å². The number of carbonyl (C=O) groups excluding carboxylic acids is 1. The molecule has 0 saturated heterocycles. The highest BCUT2D eigenvalue weighted by atomic mass is 32.2. The van der Waals surface area contributed by atoms with Crippen LogP contribution in [0.5, 0.6) is 0 Å². The summed E-state index contributed by atoms with van der Waals surface area (Å²) in [6.07, 6.45) is -4.09. The van der Waals surface area contributed by atoms with Gasteiger partial charge < -0.3 is 5.32 Å². The summed E-state index contributed by atoms with van der Waals surface area (Å²) in [5, 5.41) is 11.0. The Balaban J connectivity index is 1.51. The Morgan fingerprint density at radius 2 is 1.70 bits per heavy atom. The molecule has 0 unspecified atom stereocenters. The van der Waals surface area contributed by atoms with E-state index in [1.807, 2.05) is 30.3 Å². The molecule has 0 bridgehead atoms. The highest BCUT2D eigenvalue weighted by Crippen LogP contribution is 2.31. The summed E-state index contributed by atoms with van der Waals surface area (Å²) in [7, 11) is 0. The minimum absolute atomic E-state index is 0.184. The summed E-state index contributed by atoms with van der Waals surface area (Å²) in [6.45, 7) is 0. The van der Waals surface area contributed by atoms with E-state index < -0.39 is 11.7 Å². The Morgan fingerprint density at radius 3 is 2.37 bits per heavy atom. The van der Waals surface area contributed by atoms with Crippen LogP contribution in [0.15, 0.2) is 58.9 Å². The van der Waals surface area contributed by atoms with Gasteiger partial charge in [-0.15, -0.1) is 10.2 Å². The van der Waals surface area contributed by atoms with E-state index in [1.165, 1.54) is 35.2 Å². The Bertz CT molecular complexity index is 896. The van der Waals surface area contributed by atoms with Gasteiger partial charge in [0.1, 0.15) is 0 Å². The highest BCUT2D eigenvalue weighted by Gasteiger charge is 2.29. The van der Waals surface area contributed by atoms with Crippen LogP contribution in [-0.4, -0.2) is 16.1 Å². The maximum absolute atomic E-state index is 12.6. The standard InChI is InChI=1S/C18H14F3N3OS2/c19-18(20,21)14-8-6-13(7-9-14)11-26-17-24-23-16(27-17)22-15(25)10-12-4-2-1-3-5-12/h1-9H,10-11H2,(H,22,23,25). The van der Waals surface area contributed by atoms with Crippen molar-refractivity contribution in [2.24, 2.45) is 0 Å². The third-order valence-corrected chi connectivity index (χ3v) is 5.55. The summed E-state index contributed by atoms with van der Waals surface area (Å²) < 4.78 is 38.3. The van der Waals surface area contributed by atoms with Crippen molar-refractivity contribution in [1.29, 1.82) is 0 Å². The van der Waals surface area contributed by atoms with Gasteiger partial charge in [-0.25, -0.2) is 0 Å². The fourth-order valence-electron chi connectivity index (χ4n) is 2.20. The first kappa shape index (κ1) is 19.4. The van der Waals surface area contributed by atoms with E-state index in [-0.39, 0.29) is 12.3 Å². The first-order chi connectivity index (χ1) is 12.9. The van der Waals surface area contributed by atoms with E-state index >= 15 is 0 Å². The molecule has 0 spiro atoms. The number of anilines is 1. The average molecular weight is 409 g/mol. The van der Waals surface area contributed by atoms with Crippen molar-refractivity contribution in [3.05, 3.63) is 71.3 Å². The number of halogens is 3. The number of alkyl halides is 3. The highest BCUT2D eigenvalue weighted by molar-refractivity contribution is 8.00. The number of amides is 1. The minimum atomic E-state index is -4.34. The number of carbonyl (C=O) groups is 1. The molecular formula is C18H14F3N3OS2. The molecule has 27 heavy (non-hydrogen) atoms. The number of nitrogens with one attached hydrogen (secondary N) is 1. The van der Waals surface area contributed by atoms with Gasteiger partial charge >= 0.3 is 6.18 Å². The molecule has 3 rings (SSSR count). The van der Waals surface area contributed by atoms with Crippen LogP contribution >= 0.6 is 23.1 Å². The van der Waals surface area contributed by atoms with Crippen LogP contribution in [0.3, 0.4) is 0 Å². The van der Waals surface area contributed by atoms with Crippen LogP contribution in [0.1, 0.15) is 16.7 Å². The number of thioether (sulfide) groups is 1. The van der Waals surface area contributed by atoms with E-state index in [0.29, 0.717) is 15.2 Å². The van der Waals surface area contributed by atoms with Crippen molar-refractivity contribution < 1.29 is 18.0 Å². The Labute approximate surface area is 161 Å². The predicted octanol–water partition coefficient (Wildman–Crippen LogP) is 5.03. The quantitative estimate of drug-likeness (QED) is 0.458. The second-order valence-electron chi connectivity index (χ2n) is 5.57. The van der Waals surface area contributed by atoms with E-state index in [9.17, 15) is 18.0 Å². The van der Waals surface area contributed by atoms with E-state index in [1.54, 1.807) is 0 Å². The lowest BCUT2D eigenvalue weighted by molar-refractivity contribution is -0.137. The van der Waals surface area contributed by atoms with E-state index in [0.717, 1.165) is 23.3 Å². The molecule has 0 aliphatic rings. The molecule has 2 aromatic carbocycles. The molecule has 0 aliphatic heterocycles. The third kappa shape index (κ3) is 5.80. The molecule has 1 heterocycles. The second kappa shape index (κ2) is 8.53. The van der Waals surface area contributed by atoms with Gasteiger partial charge in [0.15, 0.2) is 4.34 Å². The fraction of sp³-hybridized carbons (Fsp3) is 0.167. The number of rotatable bonds is 6. The maximum Gasteiger partial charge on any atom is 0.416 e. The minimum Gasteiger partial charge on any atom is -0.300 e. The molecule has 4 nitrogen and oxygen atoms in total. The molecule has 9 heteroatoms. The lowest BCUT2D eigenvalue weighted by Crippen LogP contribution is -2.14. The van der Waals surface area contributed by atoms with Gasteiger partial charge in [0.05, 0.1) is 12.0 Å². The van der Waals surface area contributed by atoms with Gasteiger partial charge in [-0.2, -0.15) is 13.2 Å². The lowest BCUT2D eigenvalue weighted by atomic mass is 10.1. The molecule has 1 amide bonds. The van der Waals surface area contributed by atoms with Crippen molar-refractivity contribution in [2.75, 3.05) is 5.32 Å². The largest absolute Gasteiger partial charge is 0.416 e. The van der Waals surface area contributed by atoms with Crippen LogP contribution in [-0.2, 0) is 23.1 Å². The fourth-order valence-corrected chi connectivity index (χ4v) is 3.92. The van der Waals surface area contributed by atoms with Crippen molar-refractivity contribution in [1.82, 2.24) is 10.2 Å². The first-order valence-electron chi connectivity index (χ1n) is 7.86. The molecule has 1 N–H and O–H groups in total. The number of aromatic nitrogens is 2. The van der Waals surface area contributed by atoms with Gasteiger partial charge in [-0.3, -0.25) is 4.79 Å². The molecule has 0 aliphatic carbocycles. The number of hydrogen-bond acceptors (Lipinski definition) is 5. The Kier molecular flexibility index (Phi) is 6.12. The van der Waals surface area contributed by atoms with Crippen LogP contribution in [0, 0.1) is 0 Å². The zero-order chi connectivity index (χ0) is 19.3. The zero-order valence-electron chi connectivity index (χ0n) is 13.9. The van der Waals surface area contributed by atoms with Gasteiger partial charge in [-0.05, 0) is 23.3 Å². The summed E-state index contributed by atoms with van der Waals surface area (Å²) in [5.41, 5.74) is 0.977. The van der Waals surface area contributed by atoms with Gasteiger partial charge in [0, 0.05) is 5.75 Å². The lowest BCUT2D eigenvalue weighted by Gasteiger charge is -2.06. The van der Waals surface area contributed by atoms with Crippen LogP contribution in [0.25, 0.3) is 0 Å². The maximum atomic E-state index is 12.6. The molecule has 0 atom stereocenters. The summed E-state index contributed by atoms with van der Waals surface area (Å²) >= 11 is 2.58. The van der Waals surface area contributed by atoms with Crippen molar-refractivity contribution in [3.63, 3.8) is 0 Å². The second-order valence-corrected chi connectivity index (χ2v) is 7.77. The van der Waals surface area contributed by atoms with Crippen LogP contribution in [0.2, 0.25) is 0 Å². The third-order valence-electron chi connectivity index (χ3n) is 3.50. The molecular weight excluding hydrogens is 395 g/mol. The molecule has 140 valence electrons. The average Bonchev–Trinajstić information content (AvgIpc) is 3.07. The van der Waals surface area contributed by atoms with Crippen molar-refractivity contribution >= 4 is 34.1 Å². The SMILES string of the molecule is O=C(Cc1ccccc1)Nc1nnc(SCc2ccc(C(F)(F)F)cc2)s1. The van der Waals surface area contributed by atoms with Crippen LogP contribution < -0.4 is 5.32 Å². The monoisotopic (exact) mass is 409 g/mol. The number of nitrogens with zero attached hydrogens (tertiary/aromatic N) is 2. The number of benzene rings is 2. The van der Waals surface area contributed by atoms with Gasteiger partial charge in [0.2, 0.25) is 11.0 Å². The smallest absolute Gasteiger partial charge is 0.300 e. The summed E-state index contributed by atoms with van der Waals surface area (Å²) in [6, 6.07) is 14.4. The molecule has 0 saturated carbocycles. The Hall–Kier alpha value is -2.39. The molecule has 3 aromatic rings. The van der Waals surface area contributed by atoms with Gasteiger partial charge in [-0.1, -0.05) is 65.6 Å². The predicted molar refractivity (Wildman–Crippen MR) is 99.7 cm³/mol. The summed E-state index contributed by atoms with van der Waals surface area (Å²) in [4.78, 5) is 12.0. The van der Waals surface area contributed by atoms with Gasteiger partial charge in [0.25, 0.3) is 0 Å². The summed E-state index contributed by atoms with van der Waals surface area (Å²) in [5.74, 6) is 0.279.